The van der Waals surface area contributed by atoms with Crippen molar-refractivity contribution < 1.29 is 0 Å². The van der Waals surface area contributed by atoms with Crippen LogP contribution in [0, 0.1) is 13.8 Å². The molecule has 0 aliphatic rings. The maximum absolute atomic E-state index is 5.94. The van der Waals surface area contributed by atoms with Gasteiger partial charge in [-0.3, -0.25) is 9.98 Å². The summed E-state index contributed by atoms with van der Waals surface area (Å²) in [5, 5.41) is 0. The van der Waals surface area contributed by atoms with E-state index in [0.717, 1.165) is 17.0 Å². The molecule has 0 aromatic carbocycles. The summed E-state index contributed by atoms with van der Waals surface area (Å²) in [6.07, 6.45) is 0. The van der Waals surface area contributed by atoms with Crippen molar-refractivity contribution >= 4 is 5.84 Å². The Morgan fingerprint density at radius 3 is 2.07 bits per heavy atom. The van der Waals surface area contributed by atoms with Crippen LogP contribution in [0.5, 0.6) is 0 Å². The van der Waals surface area contributed by atoms with E-state index in [4.69, 9.17) is 5.73 Å². The third kappa shape index (κ3) is 3.70. The number of nitrogens with zero attached hydrogens (tertiary/aromatic N) is 2. The van der Waals surface area contributed by atoms with Crippen LogP contribution in [-0.2, 0) is 0 Å². The molecule has 0 saturated heterocycles. The average Bonchev–Trinajstić information content (AvgIpc) is 1.98. The van der Waals surface area contributed by atoms with Crippen molar-refractivity contribution in [3.8, 4) is 0 Å². The zero-order valence-electron chi connectivity index (χ0n) is 10.1. The van der Waals surface area contributed by atoms with Gasteiger partial charge in [-0.25, -0.2) is 0 Å². The molecule has 0 aliphatic carbocycles. The Hall–Kier alpha value is -1.38. The summed E-state index contributed by atoms with van der Waals surface area (Å²) in [6.45, 7) is 10.0. The number of hydrogen-bond acceptors (Lipinski definition) is 2. The fourth-order valence-electron chi connectivity index (χ4n) is 1.41. The van der Waals surface area contributed by atoms with Crippen molar-refractivity contribution in [3.63, 3.8) is 0 Å². The topological polar surface area (TPSA) is 51.3 Å². The summed E-state index contributed by atoms with van der Waals surface area (Å²) >= 11 is 0. The Labute approximate surface area is 91.4 Å². The summed E-state index contributed by atoms with van der Waals surface area (Å²) < 4.78 is 0. The first-order valence-corrected chi connectivity index (χ1v) is 5.09. The van der Waals surface area contributed by atoms with Gasteiger partial charge in [0.15, 0.2) is 0 Å². The number of pyridine rings is 1. The lowest BCUT2D eigenvalue weighted by molar-refractivity contribution is 0.583. The molecule has 3 nitrogen and oxygen atoms in total. The van der Waals surface area contributed by atoms with Crippen LogP contribution in [0.15, 0.2) is 17.1 Å². The van der Waals surface area contributed by atoms with E-state index in [1.54, 1.807) is 0 Å². The molecule has 0 unspecified atom stereocenters. The van der Waals surface area contributed by atoms with Crippen LogP contribution in [0.25, 0.3) is 0 Å². The molecule has 3 heteroatoms. The minimum absolute atomic E-state index is 0.144. The standard InChI is InChI=1S/C12H19N3/c1-8-6-10(7-9(2)14-8)11(13)15-12(3,4)5/h6-7H,1-5H3,(H2,13,15). The third-order valence-corrected chi connectivity index (χ3v) is 1.83. The molecular formula is C12H19N3. The molecule has 0 bridgehead atoms. The highest BCUT2D eigenvalue weighted by atomic mass is 14.9. The zero-order valence-corrected chi connectivity index (χ0v) is 10.1. The normalized spacial score (nSPS) is 13.0. The summed E-state index contributed by atoms with van der Waals surface area (Å²) in [4.78, 5) is 8.73. The van der Waals surface area contributed by atoms with Gasteiger partial charge in [0, 0.05) is 17.0 Å². The molecule has 1 aromatic rings. The van der Waals surface area contributed by atoms with Gasteiger partial charge in [-0.15, -0.1) is 0 Å². The van der Waals surface area contributed by atoms with Gasteiger partial charge in [0.1, 0.15) is 5.84 Å². The van der Waals surface area contributed by atoms with E-state index in [0.29, 0.717) is 5.84 Å². The lowest BCUT2D eigenvalue weighted by atomic mass is 10.1. The van der Waals surface area contributed by atoms with Crippen LogP contribution in [0.4, 0.5) is 0 Å². The van der Waals surface area contributed by atoms with E-state index in [-0.39, 0.29) is 5.54 Å². The molecule has 0 fully saturated rings. The zero-order chi connectivity index (χ0) is 11.6. The molecular weight excluding hydrogens is 186 g/mol. The van der Waals surface area contributed by atoms with Crippen molar-refractivity contribution in [1.82, 2.24) is 4.98 Å². The van der Waals surface area contributed by atoms with Gasteiger partial charge in [-0.05, 0) is 46.8 Å². The maximum Gasteiger partial charge on any atom is 0.126 e. The van der Waals surface area contributed by atoms with Crippen LogP contribution in [-0.4, -0.2) is 16.4 Å². The van der Waals surface area contributed by atoms with E-state index in [9.17, 15) is 0 Å². The Balaban J connectivity index is 3.11. The predicted molar refractivity (Wildman–Crippen MR) is 64.2 cm³/mol. The quantitative estimate of drug-likeness (QED) is 0.564. The number of rotatable bonds is 1. The Morgan fingerprint density at radius 1 is 1.20 bits per heavy atom. The molecule has 1 rings (SSSR count). The molecule has 0 saturated carbocycles. The molecule has 82 valence electrons. The number of aryl methyl sites for hydroxylation is 2. The van der Waals surface area contributed by atoms with E-state index >= 15 is 0 Å². The fraction of sp³-hybridized carbons (Fsp3) is 0.500. The molecule has 1 aromatic heterocycles. The van der Waals surface area contributed by atoms with Gasteiger partial charge in [-0.2, -0.15) is 0 Å². The van der Waals surface area contributed by atoms with E-state index in [1.165, 1.54) is 0 Å². The molecule has 2 N–H and O–H groups in total. The number of aromatic nitrogens is 1. The van der Waals surface area contributed by atoms with Gasteiger partial charge in [0.25, 0.3) is 0 Å². The van der Waals surface area contributed by atoms with Crippen molar-refractivity contribution in [2.75, 3.05) is 0 Å². The van der Waals surface area contributed by atoms with Crippen molar-refractivity contribution in [2.45, 2.75) is 40.2 Å². The highest BCUT2D eigenvalue weighted by Gasteiger charge is 2.09. The Morgan fingerprint density at radius 2 is 1.67 bits per heavy atom. The smallest absolute Gasteiger partial charge is 0.126 e. The summed E-state index contributed by atoms with van der Waals surface area (Å²) in [6, 6.07) is 3.91. The molecule has 0 radical (unpaired) electrons. The molecule has 0 aliphatic heterocycles. The van der Waals surface area contributed by atoms with Crippen LogP contribution in [0.1, 0.15) is 37.7 Å². The predicted octanol–water partition coefficient (Wildman–Crippen LogP) is 2.20. The second kappa shape index (κ2) is 4.01. The first-order chi connectivity index (χ1) is 6.78. The molecule has 1 heterocycles. The first kappa shape index (κ1) is 11.7. The van der Waals surface area contributed by atoms with E-state index < -0.39 is 0 Å². The number of amidine groups is 1. The largest absolute Gasteiger partial charge is 0.383 e. The van der Waals surface area contributed by atoms with Gasteiger partial charge in [0.05, 0.1) is 5.54 Å². The number of hydrogen-bond donors (Lipinski definition) is 1. The number of aliphatic imine (C=N–C) groups is 1. The summed E-state index contributed by atoms with van der Waals surface area (Å²) in [5.41, 5.74) is 8.69. The van der Waals surface area contributed by atoms with Crippen molar-refractivity contribution in [1.29, 1.82) is 0 Å². The summed E-state index contributed by atoms with van der Waals surface area (Å²) in [5.74, 6) is 0.580. The monoisotopic (exact) mass is 205 g/mol. The van der Waals surface area contributed by atoms with Crippen LogP contribution in [0.3, 0.4) is 0 Å². The average molecular weight is 205 g/mol. The Kier molecular flexibility index (Phi) is 3.12. The van der Waals surface area contributed by atoms with E-state index in [2.05, 4.69) is 9.98 Å². The maximum atomic E-state index is 5.94. The van der Waals surface area contributed by atoms with Crippen LogP contribution < -0.4 is 5.73 Å². The lowest BCUT2D eigenvalue weighted by Crippen LogP contribution is -2.21. The number of nitrogens with two attached hydrogens (primary N) is 1. The van der Waals surface area contributed by atoms with Gasteiger partial charge < -0.3 is 5.73 Å². The minimum atomic E-state index is -0.144. The second-order valence-electron chi connectivity index (χ2n) is 4.81. The minimum Gasteiger partial charge on any atom is -0.383 e. The highest BCUT2D eigenvalue weighted by molar-refractivity contribution is 5.97. The molecule has 0 spiro atoms. The SMILES string of the molecule is Cc1cc(C(N)=NC(C)(C)C)cc(C)n1. The summed E-state index contributed by atoms with van der Waals surface area (Å²) in [7, 11) is 0. The van der Waals surface area contributed by atoms with Crippen molar-refractivity contribution in [3.05, 3.63) is 29.1 Å². The molecule has 15 heavy (non-hydrogen) atoms. The van der Waals surface area contributed by atoms with Crippen LogP contribution in [0.2, 0.25) is 0 Å². The lowest BCUT2D eigenvalue weighted by Gasteiger charge is -2.14. The first-order valence-electron chi connectivity index (χ1n) is 5.09. The van der Waals surface area contributed by atoms with Gasteiger partial charge in [0.2, 0.25) is 0 Å². The highest BCUT2D eigenvalue weighted by Crippen LogP contribution is 2.10. The second-order valence-corrected chi connectivity index (χ2v) is 4.81. The van der Waals surface area contributed by atoms with Gasteiger partial charge >= 0.3 is 0 Å². The fourth-order valence-corrected chi connectivity index (χ4v) is 1.41. The molecule has 0 amide bonds. The Bertz CT molecular complexity index is 366. The molecule has 0 atom stereocenters. The van der Waals surface area contributed by atoms with E-state index in [1.807, 2.05) is 46.8 Å². The third-order valence-electron chi connectivity index (χ3n) is 1.83. The van der Waals surface area contributed by atoms with Gasteiger partial charge in [-0.1, -0.05) is 0 Å². The van der Waals surface area contributed by atoms with Crippen LogP contribution >= 0.6 is 0 Å². The van der Waals surface area contributed by atoms with Crippen molar-refractivity contribution in [2.24, 2.45) is 10.7 Å².